The number of hydrogen-bond donors (Lipinski definition) is 2. The fourth-order valence-corrected chi connectivity index (χ4v) is 3.77. The molecule has 7 heteroatoms. The van der Waals surface area contributed by atoms with Crippen LogP contribution in [0.25, 0.3) is 0 Å². The first kappa shape index (κ1) is 15.9. The first-order valence-electron chi connectivity index (χ1n) is 6.87. The van der Waals surface area contributed by atoms with E-state index in [4.69, 9.17) is 5.11 Å². The molecule has 0 aliphatic heterocycles. The van der Waals surface area contributed by atoms with Gasteiger partial charge in [0.25, 0.3) is 0 Å². The molecule has 2 N–H and O–H groups in total. The lowest BCUT2D eigenvalue weighted by Gasteiger charge is -2.26. The van der Waals surface area contributed by atoms with E-state index in [1.807, 2.05) is 0 Å². The van der Waals surface area contributed by atoms with Gasteiger partial charge in [-0.2, -0.15) is 0 Å². The van der Waals surface area contributed by atoms with E-state index in [0.29, 0.717) is 25.7 Å². The number of hydrogen-bond acceptors (Lipinski definition) is 3. The molecule has 0 amide bonds. The maximum atomic E-state index is 13.5. The van der Waals surface area contributed by atoms with Gasteiger partial charge in [-0.25, -0.2) is 17.5 Å². The highest BCUT2D eigenvalue weighted by Crippen LogP contribution is 2.28. The Kier molecular flexibility index (Phi) is 4.95. The van der Waals surface area contributed by atoms with Gasteiger partial charge in [0.15, 0.2) is 0 Å². The van der Waals surface area contributed by atoms with E-state index in [2.05, 4.69) is 4.72 Å². The molecule has 0 atom stereocenters. The van der Waals surface area contributed by atoms with Crippen molar-refractivity contribution < 1.29 is 22.7 Å². The SMILES string of the molecule is O=C(O)[C@H]1CC[C@H](CNS(=O)(=O)c2ccccc2F)CC1. The second-order valence-corrected chi connectivity index (χ2v) is 7.07. The molecule has 1 aromatic rings. The van der Waals surface area contributed by atoms with Crippen LogP contribution < -0.4 is 4.72 Å². The van der Waals surface area contributed by atoms with Crippen molar-refractivity contribution in [1.82, 2.24) is 4.72 Å². The predicted molar refractivity (Wildman–Crippen MR) is 74.7 cm³/mol. The monoisotopic (exact) mass is 315 g/mol. The first-order chi connectivity index (χ1) is 9.90. The fraction of sp³-hybridized carbons (Fsp3) is 0.500. The summed E-state index contributed by atoms with van der Waals surface area (Å²) in [5, 5.41) is 8.91. The van der Waals surface area contributed by atoms with Crippen molar-refractivity contribution in [3.63, 3.8) is 0 Å². The van der Waals surface area contributed by atoms with Crippen LogP contribution in [0.1, 0.15) is 25.7 Å². The van der Waals surface area contributed by atoms with E-state index >= 15 is 0 Å². The Balaban J connectivity index is 1.92. The van der Waals surface area contributed by atoms with E-state index in [0.717, 1.165) is 6.07 Å². The molecule has 116 valence electrons. The van der Waals surface area contributed by atoms with Crippen LogP contribution in [0.3, 0.4) is 0 Å². The highest BCUT2D eigenvalue weighted by Gasteiger charge is 2.27. The van der Waals surface area contributed by atoms with Crippen LogP contribution in [-0.4, -0.2) is 26.0 Å². The van der Waals surface area contributed by atoms with Crippen molar-refractivity contribution in [2.24, 2.45) is 11.8 Å². The number of benzene rings is 1. The molecule has 21 heavy (non-hydrogen) atoms. The minimum atomic E-state index is -3.86. The molecule has 0 aromatic heterocycles. The van der Waals surface area contributed by atoms with Crippen LogP contribution in [0.4, 0.5) is 4.39 Å². The number of nitrogens with one attached hydrogen (secondary N) is 1. The van der Waals surface area contributed by atoms with E-state index in [1.165, 1.54) is 18.2 Å². The Morgan fingerprint density at radius 3 is 2.43 bits per heavy atom. The van der Waals surface area contributed by atoms with Crippen molar-refractivity contribution in [1.29, 1.82) is 0 Å². The third-order valence-corrected chi connectivity index (χ3v) is 5.34. The normalized spacial score (nSPS) is 22.9. The molecule has 1 saturated carbocycles. The Bertz CT molecular complexity index is 609. The molecule has 0 unspecified atom stereocenters. The van der Waals surface area contributed by atoms with Gasteiger partial charge in [0.05, 0.1) is 5.92 Å². The van der Waals surface area contributed by atoms with Crippen molar-refractivity contribution in [3.8, 4) is 0 Å². The molecule has 0 radical (unpaired) electrons. The number of halogens is 1. The summed E-state index contributed by atoms with van der Waals surface area (Å²) < 4.78 is 40.0. The van der Waals surface area contributed by atoms with Crippen molar-refractivity contribution in [3.05, 3.63) is 30.1 Å². The molecule has 0 heterocycles. The number of aliphatic carboxylic acids is 1. The van der Waals surface area contributed by atoms with Gasteiger partial charge in [0.2, 0.25) is 10.0 Å². The van der Waals surface area contributed by atoms with Crippen LogP contribution in [-0.2, 0) is 14.8 Å². The van der Waals surface area contributed by atoms with E-state index in [-0.39, 0.29) is 23.3 Å². The lowest BCUT2D eigenvalue weighted by Crippen LogP contribution is -2.32. The number of sulfonamides is 1. The minimum Gasteiger partial charge on any atom is -0.481 e. The van der Waals surface area contributed by atoms with Gasteiger partial charge in [0, 0.05) is 6.54 Å². The predicted octanol–water partition coefficient (Wildman–Crippen LogP) is 1.99. The molecule has 2 rings (SSSR count). The second-order valence-electron chi connectivity index (χ2n) is 5.34. The Morgan fingerprint density at radius 1 is 1.24 bits per heavy atom. The summed E-state index contributed by atoms with van der Waals surface area (Å²) in [5.41, 5.74) is 0. The summed E-state index contributed by atoms with van der Waals surface area (Å²) in [6.45, 7) is 0.211. The molecular weight excluding hydrogens is 297 g/mol. The minimum absolute atomic E-state index is 0.0992. The third-order valence-electron chi connectivity index (χ3n) is 3.88. The first-order valence-corrected chi connectivity index (χ1v) is 8.35. The van der Waals surface area contributed by atoms with Crippen molar-refractivity contribution in [2.45, 2.75) is 30.6 Å². The molecule has 0 spiro atoms. The second kappa shape index (κ2) is 6.53. The zero-order chi connectivity index (χ0) is 15.5. The topological polar surface area (TPSA) is 83.5 Å². The molecule has 1 aromatic carbocycles. The summed E-state index contributed by atoms with van der Waals surface area (Å²) in [6, 6.07) is 5.23. The Hall–Kier alpha value is -1.47. The van der Waals surface area contributed by atoms with Gasteiger partial charge in [-0.15, -0.1) is 0 Å². The zero-order valence-corrected chi connectivity index (χ0v) is 12.3. The van der Waals surface area contributed by atoms with E-state index in [1.54, 1.807) is 0 Å². The van der Waals surface area contributed by atoms with Crippen LogP contribution in [0.15, 0.2) is 29.2 Å². The summed E-state index contributed by atoms with van der Waals surface area (Å²) in [6.07, 6.45) is 2.44. The highest BCUT2D eigenvalue weighted by atomic mass is 32.2. The molecule has 1 aliphatic rings. The molecule has 1 fully saturated rings. The maximum absolute atomic E-state index is 13.5. The van der Waals surface area contributed by atoms with Crippen LogP contribution in [0, 0.1) is 17.7 Å². The van der Waals surface area contributed by atoms with Gasteiger partial charge < -0.3 is 5.11 Å². The summed E-state index contributed by atoms with van der Waals surface area (Å²) >= 11 is 0. The van der Waals surface area contributed by atoms with Gasteiger partial charge in [-0.05, 0) is 43.7 Å². The Morgan fingerprint density at radius 2 is 1.86 bits per heavy atom. The largest absolute Gasteiger partial charge is 0.481 e. The van der Waals surface area contributed by atoms with E-state index in [9.17, 15) is 17.6 Å². The Labute approximate surface area is 123 Å². The number of carbonyl (C=O) groups is 1. The molecule has 0 bridgehead atoms. The molecular formula is C14H18FNO4S. The van der Waals surface area contributed by atoms with Crippen molar-refractivity contribution in [2.75, 3.05) is 6.54 Å². The molecule has 0 saturated heterocycles. The smallest absolute Gasteiger partial charge is 0.306 e. The lowest BCUT2D eigenvalue weighted by molar-refractivity contribution is -0.143. The van der Waals surface area contributed by atoms with E-state index < -0.39 is 21.8 Å². The van der Waals surface area contributed by atoms with Crippen LogP contribution >= 0.6 is 0 Å². The average molecular weight is 315 g/mol. The average Bonchev–Trinajstić information content (AvgIpc) is 2.46. The number of carboxylic acids is 1. The van der Waals surface area contributed by atoms with Gasteiger partial charge >= 0.3 is 5.97 Å². The zero-order valence-electron chi connectivity index (χ0n) is 11.5. The van der Waals surface area contributed by atoms with Crippen LogP contribution in [0.5, 0.6) is 0 Å². The summed E-state index contributed by atoms with van der Waals surface area (Å²) in [5.74, 6) is -1.80. The fourth-order valence-electron chi connectivity index (χ4n) is 2.58. The molecule has 1 aliphatic carbocycles. The number of rotatable bonds is 5. The van der Waals surface area contributed by atoms with Gasteiger partial charge in [0.1, 0.15) is 10.7 Å². The number of carboxylic acid groups (broad SMARTS) is 1. The maximum Gasteiger partial charge on any atom is 0.306 e. The summed E-state index contributed by atoms with van der Waals surface area (Å²) in [7, 11) is -3.86. The standard InChI is InChI=1S/C14H18FNO4S/c15-12-3-1-2-4-13(12)21(19,20)16-9-10-5-7-11(8-6-10)14(17)18/h1-4,10-11,16H,5-9H2,(H,17,18)/t10-,11-. The van der Waals surface area contributed by atoms with Crippen molar-refractivity contribution >= 4 is 16.0 Å². The molecule has 5 nitrogen and oxygen atoms in total. The quantitative estimate of drug-likeness (QED) is 0.870. The van der Waals surface area contributed by atoms with Gasteiger partial charge in [-0.1, -0.05) is 12.1 Å². The lowest BCUT2D eigenvalue weighted by atomic mass is 9.82. The van der Waals surface area contributed by atoms with Crippen LogP contribution in [0.2, 0.25) is 0 Å². The van der Waals surface area contributed by atoms with Gasteiger partial charge in [-0.3, -0.25) is 4.79 Å². The summed E-state index contributed by atoms with van der Waals surface area (Å²) in [4.78, 5) is 10.5. The third kappa shape index (κ3) is 4.01. The highest BCUT2D eigenvalue weighted by molar-refractivity contribution is 7.89.